The van der Waals surface area contributed by atoms with Gasteiger partial charge in [0.05, 0.1) is 6.17 Å². The Hall–Kier alpha value is -1.46. The van der Waals surface area contributed by atoms with Gasteiger partial charge in [0, 0.05) is 19.2 Å². The van der Waals surface area contributed by atoms with Crippen LogP contribution in [0.3, 0.4) is 0 Å². The van der Waals surface area contributed by atoms with Crippen molar-refractivity contribution in [2.45, 2.75) is 45.2 Å². The van der Waals surface area contributed by atoms with Gasteiger partial charge in [-0.15, -0.1) is 0 Å². The van der Waals surface area contributed by atoms with E-state index in [1.165, 1.54) is 51.1 Å². The summed E-state index contributed by atoms with van der Waals surface area (Å²) >= 11 is 0. The van der Waals surface area contributed by atoms with Crippen molar-refractivity contribution in [3.63, 3.8) is 0 Å². The van der Waals surface area contributed by atoms with E-state index in [2.05, 4.69) is 32.8 Å². The van der Waals surface area contributed by atoms with Gasteiger partial charge >= 0.3 is 0 Å². The van der Waals surface area contributed by atoms with Gasteiger partial charge in [-0.2, -0.15) is 0 Å². The predicted octanol–water partition coefficient (Wildman–Crippen LogP) is 2.59. The monoisotopic (exact) mass is 313 g/mol. The minimum Gasteiger partial charge on any atom is -0.303 e. The van der Waals surface area contributed by atoms with Crippen molar-refractivity contribution >= 4 is 11.2 Å². The number of hydrogen-bond acceptors (Lipinski definition) is 4. The van der Waals surface area contributed by atoms with Crippen molar-refractivity contribution in [3.05, 3.63) is 24.2 Å². The number of likely N-dealkylation sites (tertiary alicyclic amines) is 1. The summed E-state index contributed by atoms with van der Waals surface area (Å²) in [4.78, 5) is 12.1. The summed E-state index contributed by atoms with van der Waals surface area (Å²) in [6.45, 7) is 7.01. The highest BCUT2D eigenvalue weighted by molar-refractivity contribution is 5.71. The fourth-order valence-corrected chi connectivity index (χ4v) is 4.20. The summed E-state index contributed by atoms with van der Waals surface area (Å²) in [6, 6.07) is 4.08. The number of pyridine rings is 1. The maximum Gasteiger partial charge on any atom is 0.161 e. The van der Waals surface area contributed by atoms with Gasteiger partial charge in [-0.05, 0) is 63.4 Å². The molecule has 5 nitrogen and oxygen atoms in total. The van der Waals surface area contributed by atoms with E-state index < -0.39 is 0 Å². The molecule has 1 N–H and O–H groups in total. The number of imidazole rings is 1. The Bertz CT molecular complexity index is 658. The zero-order valence-electron chi connectivity index (χ0n) is 14.0. The van der Waals surface area contributed by atoms with Crippen molar-refractivity contribution in [3.8, 4) is 0 Å². The lowest BCUT2D eigenvalue weighted by Crippen LogP contribution is -2.36. The minimum absolute atomic E-state index is 0.371. The molecule has 0 radical (unpaired) electrons. The SMILES string of the molecule is CCN1CCCC(Cc2nc3cccnc3n2C2CCCN2)C1. The Morgan fingerprint density at radius 1 is 1.30 bits per heavy atom. The van der Waals surface area contributed by atoms with Crippen molar-refractivity contribution < 1.29 is 0 Å². The van der Waals surface area contributed by atoms with E-state index in [1.54, 1.807) is 0 Å². The molecule has 0 saturated carbocycles. The van der Waals surface area contributed by atoms with Gasteiger partial charge in [0.15, 0.2) is 5.65 Å². The predicted molar refractivity (Wildman–Crippen MR) is 92.3 cm³/mol. The van der Waals surface area contributed by atoms with Crippen LogP contribution in [0.2, 0.25) is 0 Å². The molecule has 124 valence electrons. The zero-order valence-corrected chi connectivity index (χ0v) is 14.0. The summed E-state index contributed by atoms with van der Waals surface area (Å²) < 4.78 is 2.38. The molecule has 2 saturated heterocycles. The Kier molecular flexibility index (Phi) is 4.31. The molecule has 0 amide bonds. The third-order valence-corrected chi connectivity index (χ3v) is 5.39. The maximum absolute atomic E-state index is 4.94. The largest absolute Gasteiger partial charge is 0.303 e. The number of aromatic nitrogens is 3. The zero-order chi connectivity index (χ0) is 15.6. The van der Waals surface area contributed by atoms with Crippen LogP contribution in [0.25, 0.3) is 11.2 Å². The fraction of sp³-hybridized carbons (Fsp3) is 0.667. The average molecular weight is 313 g/mol. The van der Waals surface area contributed by atoms with Crippen LogP contribution in [0.1, 0.15) is 44.6 Å². The summed E-state index contributed by atoms with van der Waals surface area (Å²) in [5, 5.41) is 3.62. The van der Waals surface area contributed by atoms with Crippen molar-refractivity contribution in [2.75, 3.05) is 26.2 Å². The first kappa shape index (κ1) is 15.1. The van der Waals surface area contributed by atoms with Crippen molar-refractivity contribution in [1.82, 2.24) is 24.8 Å². The van der Waals surface area contributed by atoms with Crippen LogP contribution in [0.4, 0.5) is 0 Å². The molecular weight excluding hydrogens is 286 g/mol. The highest BCUT2D eigenvalue weighted by atomic mass is 15.3. The molecule has 0 aromatic carbocycles. The summed E-state index contributed by atoms with van der Waals surface area (Å²) in [7, 11) is 0. The molecule has 2 aromatic heterocycles. The maximum atomic E-state index is 4.94. The van der Waals surface area contributed by atoms with E-state index in [9.17, 15) is 0 Å². The molecular formula is C18H27N5. The Morgan fingerprint density at radius 2 is 2.26 bits per heavy atom. The molecule has 0 bridgehead atoms. The van der Waals surface area contributed by atoms with Crippen LogP contribution in [0, 0.1) is 5.92 Å². The second kappa shape index (κ2) is 6.57. The van der Waals surface area contributed by atoms with E-state index in [0.29, 0.717) is 6.17 Å². The van der Waals surface area contributed by atoms with Gasteiger partial charge in [-0.25, -0.2) is 9.97 Å². The lowest BCUT2D eigenvalue weighted by molar-refractivity contribution is 0.179. The molecule has 2 aliphatic heterocycles. The number of nitrogens with zero attached hydrogens (tertiary/aromatic N) is 4. The smallest absolute Gasteiger partial charge is 0.161 e. The third kappa shape index (κ3) is 3.00. The van der Waals surface area contributed by atoms with Crippen LogP contribution in [0.15, 0.2) is 18.3 Å². The summed E-state index contributed by atoms with van der Waals surface area (Å²) in [6.07, 6.45) is 8.40. The normalized spacial score (nSPS) is 26.1. The number of hydrogen-bond donors (Lipinski definition) is 1. The molecule has 4 heterocycles. The van der Waals surface area contributed by atoms with E-state index in [4.69, 9.17) is 4.98 Å². The first-order chi connectivity index (χ1) is 11.3. The summed E-state index contributed by atoms with van der Waals surface area (Å²) in [5.41, 5.74) is 2.09. The highest BCUT2D eigenvalue weighted by Crippen LogP contribution is 2.27. The van der Waals surface area contributed by atoms with Gasteiger partial charge in [-0.1, -0.05) is 6.92 Å². The first-order valence-electron chi connectivity index (χ1n) is 9.12. The minimum atomic E-state index is 0.371. The molecule has 0 spiro atoms. The van der Waals surface area contributed by atoms with Crippen LogP contribution in [0.5, 0.6) is 0 Å². The third-order valence-electron chi connectivity index (χ3n) is 5.39. The molecule has 2 atom stereocenters. The van der Waals surface area contributed by atoms with Gasteiger partial charge < -0.3 is 4.90 Å². The molecule has 23 heavy (non-hydrogen) atoms. The van der Waals surface area contributed by atoms with Gasteiger partial charge in [-0.3, -0.25) is 9.88 Å². The fourth-order valence-electron chi connectivity index (χ4n) is 4.20. The van der Waals surface area contributed by atoms with E-state index in [0.717, 1.165) is 30.0 Å². The molecule has 0 aliphatic carbocycles. The number of piperidine rings is 1. The Balaban J connectivity index is 1.64. The Morgan fingerprint density at radius 3 is 3.09 bits per heavy atom. The Labute approximate surface area is 138 Å². The number of rotatable bonds is 4. The second-order valence-electron chi connectivity index (χ2n) is 6.96. The molecule has 2 aromatic rings. The van der Waals surface area contributed by atoms with Crippen molar-refractivity contribution in [2.24, 2.45) is 5.92 Å². The highest BCUT2D eigenvalue weighted by Gasteiger charge is 2.26. The van der Waals surface area contributed by atoms with Crippen LogP contribution in [-0.4, -0.2) is 45.6 Å². The number of fused-ring (bicyclic) bond motifs is 1. The van der Waals surface area contributed by atoms with Crippen molar-refractivity contribution in [1.29, 1.82) is 0 Å². The molecule has 2 fully saturated rings. The van der Waals surface area contributed by atoms with E-state index >= 15 is 0 Å². The molecule has 2 unspecified atom stereocenters. The lowest BCUT2D eigenvalue weighted by Gasteiger charge is -2.32. The van der Waals surface area contributed by atoms with Crippen LogP contribution < -0.4 is 5.32 Å². The standard InChI is InChI=1S/C18H27N5/c1-2-22-11-5-6-14(13-22)12-17-21-15-7-3-10-20-18(15)23(17)16-8-4-9-19-16/h3,7,10,14,16,19H,2,4-6,8-9,11-13H2,1H3. The first-order valence-corrected chi connectivity index (χ1v) is 9.12. The van der Waals surface area contributed by atoms with Gasteiger partial charge in [0.25, 0.3) is 0 Å². The molecule has 2 aliphatic rings. The second-order valence-corrected chi connectivity index (χ2v) is 6.96. The number of nitrogens with one attached hydrogen (secondary N) is 1. The average Bonchev–Trinajstić information content (AvgIpc) is 3.21. The van der Waals surface area contributed by atoms with Crippen LogP contribution >= 0.6 is 0 Å². The van der Waals surface area contributed by atoms with Crippen LogP contribution in [-0.2, 0) is 6.42 Å². The topological polar surface area (TPSA) is 46.0 Å². The lowest BCUT2D eigenvalue weighted by atomic mass is 9.94. The van der Waals surface area contributed by atoms with E-state index in [1.807, 2.05) is 12.3 Å². The molecule has 5 heteroatoms. The summed E-state index contributed by atoms with van der Waals surface area (Å²) in [5.74, 6) is 1.95. The van der Waals surface area contributed by atoms with Gasteiger partial charge in [0.2, 0.25) is 0 Å². The van der Waals surface area contributed by atoms with E-state index in [-0.39, 0.29) is 0 Å². The molecule has 4 rings (SSSR count). The quantitative estimate of drug-likeness (QED) is 0.942. The van der Waals surface area contributed by atoms with Gasteiger partial charge in [0.1, 0.15) is 11.3 Å².